The topological polar surface area (TPSA) is 65.7 Å². The van der Waals surface area contributed by atoms with Gasteiger partial charge >= 0.3 is 12.2 Å². The molecule has 0 aliphatic heterocycles. The number of nitrogens with zero attached hydrogens (tertiary/aromatic N) is 5. The maximum Gasteiger partial charge on any atom is 0.433 e. The molecule has 6 nitrogen and oxygen atoms in total. The summed E-state index contributed by atoms with van der Waals surface area (Å²) >= 11 is 0. The summed E-state index contributed by atoms with van der Waals surface area (Å²) in [4.78, 5) is 6.87. The molecule has 0 fully saturated rings. The molecule has 0 saturated carbocycles. The maximum atomic E-state index is 13.4. The first-order valence-corrected chi connectivity index (χ1v) is 7.56. The molecule has 0 saturated heterocycles. The zero-order chi connectivity index (χ0) is 19.7. The van der Waals surface area contributed by atoms with E-state index in [4.69, 9.17) is 4.74 Å². The Bertz CT molecular complexity index is 935. The van der Waals surface area contributed by atoms with Crippen LogP contribution >= 0.6 is 0 Å². The van der Waals surface area contributed by atoms with E-state index in [9.17, 15) is 22.0 Å². The summed E-state index contributed by atoms with van der Waals surface area (Å²) in [5.41, 5.74) is -0.716. The van der Waals surface area contributed by atoms with E-state index in [1.165, 1.54) is 29.1 Å². The molecule has 1 aromatic carbocycles. The fourth-order valence-electron chi connectivity index (χ4n) is 2.12. The van der Waals surface area contributed by atoms with Crippen molar-refractivity contribution in [3.8, 4) is 11.7 Å². The average Bonchev–Trinajstić information content (AvgIpc) is 3.08. The minimum atomic E-state index is -4.61. The number of rotatable bonds is 5. The molecular weight excluding hydrogens is 373 g/mol. The molecule has 0 amide bonds. The van der Waals surface area contributed by atoms with Gasteiger partial charge in [0.1, 0.15) is 12.3 Å². The van der Waals surface area contributed by atoms with Crippen LogP contribution in [0.1, 0.15) is 23.9 Å². The van der Waals surface area contributed by atoms with Gasteiger partial charge in [-0.3, -0.25) is 0 Å². The number of aromatic nitrogens is 5. The van der Waals surface area contributed by atoms with Gasteiger partial charge < -0.3 is 4.74 Å². The van der Waals surface area contributed by atoms with Crippen molar-refractivity contribution in [2.45, 2.75) is 25.6 Å². The van der Waals surface area contributed by atoms with Crippen molar-refractivity contribution in [1.29, 1.82) is 0 Å². The Hall–Kier alpha value is -3.11. The second-order valence-corrected chi connectivity index (χ2v) is 5.60. The molecular formula is C16H12F5N5O. The molecule has 142 valence electrons. The van der Waals surface area contributed by atoms with Crippen LogP contribution in [0.15, 0.2) is 42.7 Å². The van der Waals surface area contributed by atoms with Crippen LogP contribution < -0.4 is 4.74 Å². The van der Waals surface area contributed by atoms with Gasteiger partial charge in [0.25, 0.3) is 5.92 Å². The van der Waals surface area contributed by atoms with Crippen molar-refractivity contribution >= 4 is 0 Å². The van der Waals surface area contributed by atoms with Crippen LogP contribution in [0.25, 0.3) is 5.69 Å². The number of halogens is 5. The maximum absolute atomic E-state index is 13.4. The van der Waals surface area contributed by atoms with Crippen molar-refractivity contribution in [2.24, 2.45) is 0 Å². The molecule has 2 aromatic heterocycles. The molecule has 0 N–H and O–H groups in total. The Morgan fingerprint density at radius 1 is 1.11 bits per heavy atom. The first-order valence-electron chi connectivity index (χ1n) is 7.56. The van der Waals surface area contributed by atoms with Crippen LogP contribution in [0.3, 0.4) is 0 Å². The first kappa shape index (κ1) is 18.7. The molecule has 0 aliphatic rings. The zero-order valence-corrected chi connectivity index (χ0v) is 13.8. The molecule has 3 aromatic rings. The van der Waals surface area contributed by atoms with E-state index in [0.717, 1.165) is 19.2 Å². The Morgan fingerprint density at radius 3 is 2.59 bits per heavy atom. The van der Waals surface area contributed by atoms with Gasteiger partial charge in [0, 0.05) is 18.7 Å². The lowest BCUT2D eigenvalue weighted by Crippen LogP contribution is -2.10. The standard InChI is InChI=1S/C16H12F5N5O/c1-15(17,18)10-3-2-4-12(7-10)26-8-11(24-25-26)9-27-14-22-6-5-13(23-14)16(19,20)21/h2-8H,9H2,1H3. The Balaban J connectivity index is 1.72. The van der Waals surface area contributed by atoms with E-state index in [-0.39, 0.29) is 17.9 Å². The zero-order valence-electron chi connectivity index (χ0n) is 13.8. The van der Waals surface area contributed by atoms with Crippen molar-refractivity contribution in [3.05, 3.63) is 59.7 Å². The van der Waals surface area contributed by atoms with Crippen molar-refractivity contribution in [2.75, 3.05) is 0 Å². The Morgan fingerprint density at radius 2 is 1.89 bits per heavy atom. The van der Waals surface area contributed by atoms with Gasteiger partial charge in [-0.25, -0.2) is 18.4 Å². The highest BCUT2D eigenvalue weighted by Gasteiger charge is 2.33. The molecule has 0 bridgehead atoms. The molecule has 0 aliphatic carbocycles. The SMILES string of the molecule is CC(F)(F)c1cccc(-n2cc(COc3nccc(C(F)(F)F)n3)nn2)c1. The van der Waals surface area contributed by atoms with Gasteiger partial charge in [-0.2, -0.15) is 18.2 Å². The van der Waals surface area contributed by atoms with E-state index in [2.05, 4.69) is 20.3 Å². The fraction of sp³-hybridized carbons (Fsp3) is 0.250. The van der Waals surface area contributed by atoms with E-state index in [0.29, 0.717) is 5.69 Å². The molecule has 0 atom stereocenters. The summed E-state index contributed by atoms with van der Waals surface area (Å²) in [5, 5.41) is 7.59. The number of hydrogen-bond donors (Lipinski definition) is 0. The third-order valence-corrected chi connectivity index (χ3v) is 3.43. The molecule has 0 unspecified atom stereocenters. The number of benzene rings is 1. The van der Waals surface area contributed by atoms with E-state index in [1.54, 1.807) is 6.07 Å². The van der Waals surface area contributed by atoms with Gasteiger partial charge in [-0.1, -0.05) is 17.3 Å². The normalized spacial score (nSPS) is 12.2. The fourth-order valence-corrected chi connectivity index (χ4v) is 2.12. The number of ether oxygens (including phenoxy) is 1. The van der Waals surface area contributed by atoms with Crippen LogP contribution in [-0.2, 0) is 18.7 Å². The molecule has 3 rings (SSSR count). The highest BCUT2D eigenvalue weighted by Crippen LogP contribution is 2.29. The van der Waals surface area contributed by atoms with Crippen molar-refractivity contribution < 1.29 is 26.7 Å². The third-order valence-electron chi connectivity index (χ3n) is 3.43. The van der Waals surface area contributed by atoms with E-state index in [1.807, 2.05) is 0 Å². The second-order valence-electron chi connectivity index (χ2n) is 5.60. The summed E-state index contributed by atoms with van der Waals surface area (Å²) in [6, 6.07) is 5.82. The summed E-state index contributed by atoms with van der Waals surface area (Å²) in [5.74, 6) is -3.01. The van der Waals surface area contributed by atoms with Gasteiger partial charge in [-0.05, 0) is 18.2 Å². The summed E-state index contributed by atoms with van der Waals surface area (Å²) < 4.78 is 71.0. The highest BCUT2D eigenvalue weighted by atomic mass is 19.4. The molecule has 0 radical (unpaired) electrons. The summed E-state index contributed by atoms with van der Waals surface area (Å²) in [6.45, 7) is 0.534. The van der Waals surface area contributed by atoms with Crippen LogP contribution in [0, 0.1) is 0 Å². The lowest BCUT2D eigenvalue weighted by atomic mass is 10.1. The molecule has 11 heteroatoms. The largest absolute Gasteiger partial charge is 0.457 e. The van der Waals surface area contributed by atoms with E-state index >= 15 is 0 Å². The molecule has 27 heavy (non-hydrogen) atoms. The minimum Gasteiger partial charge on any atom is -0.457 e. The Labute approximate surface area is 149 Å². The summed E-state index contributed by atoms with van der Waals surface area (Å²) in [7, 11) is 0. The lowest BCUT2D eigenvalue weighted by molar-refractivity contribution is -0.141. The third kappa shape index (κ3) is 4.54. The Kier molecular flexibility index (Phi) is 4.77. The lowest BCUT2D eigenvalue weighted by Gasteiger charge is -2.11. The van der Waals surface area contributed by atoms with Crippen molar-refractivity contribution in [3.63, 3.8) is 0 Å². The van der Waals surface area contributed by atoms with Gasteiger partial charge in [0.15, 0.2) is 5.69 Å². The number of alkyl halides is 5. The average molecular weight is 385 g/mol. The van der Waals surface area contributed by atoms with Crippen LogP contribution in [0.2, 0.25) is 0 Å². The van der Waals surface area contributed by atoms with Gasteiger partial charge in [-0.15, -0.1) is 5.10 Å². The summed E-state index contributed by atoms with van der Waals surface area (Å²) in [6.07, 6.45) is -2.28. The van der Waals surface area contributed by atoms with Crippen LogP contribution in [0.5, 0.6) is 6.01 Å². The smallest absolute Gasteiger partial charge is 0.433 e. The number of hydrogen-bond acceptors (Lipinski definition) is 5. The van der Waals surface area contributed by atoms with Gasteiger partial charge in [0.2, 0.25) is 0 Å². The van der Waals surface area contributed by atoms with Gasteiger partial charge in [0.05, 0.1) is 11.9 Å². The predicted octanol–water partition coefficient (Wildman–Crippen LogP) is 3.77. The van der Waals surface area contributed by atoms with Crippen LogP contribution in [0.4, 0.5) is 22.0 Å². The highest BCUT2D eigenvalue weighted by molar-refractivity contribution is 5.36. The quantitative estimate of drug-likeness (QED) is 0.626. The predicted molar refractivity (Wildman–Crippen MR) is 82.3 cm³/mol. The molecule has 0 spiro atoms. The molecule has 2 heterocycles. The monoisotopic (exact) mass is 385 g/mol. The van der Waals surface area contributed by atoms with Crippen molar-refractivity contribution in [1.82, 2.24) is 25.0 Å². The first-order chi connectivity index (χ1) is 12.6. The van der Waals surface area contributed by atoms with E-state index < -0.39 is 23.8 Å². The minimum absolute atomic E-state index is 0.189. The second kappa shape index (κ2) is 6.89. The van der Waals surface area contributed by atoms with Crippen LogP contribution in [-0.4, -0.2) is 25.0 Å².